The van der Waals surface area contributed by atoms with E-state index in [1.54, 1.807) is 12.1 Å². The Morgan fingerprint density at radius 1 is 1.11 bits per heavy atom. The minimum Gasteiger partial charge on any atom is -0.478 e. The quantitative estimate of drug-likeness (QED) is 0.754. The van der Waals surface area contributed by atoms with Gasteiger partial charge in [-0.15, -0.1) is 0 Å². The molecule has 4 heteroatoms. The Bertz CT molecular complexity index is 741. The van der Waals surface area contributed by atoms with E-state index in [-0.39, 0.29) is 5.56 Å². The van der Waals surface area contributed by atoms with Crippen LogP contribution in [0.3, 0.4) is 0 Å². The maximum Gasteiger partial charge on any atom is 0.336 e. The molecule has 0 atom stereocenters. The fraction of sp³-hybridized carbons (Fsp3) is 0. The molecule has 1 N–H and O–H groups in total. The number of fused-ring (bicyclic) bond motifs is 1. The number of carboxylic acid groups (broad SMARTS) is 1. The zero-order chi connectivity index (χ0) is 13.4. The molecular formula is C15H9BrO3. The zero-order valence-corrected chi connectivity index (χ0v) is 11.3. The van der Waals surface area contributed by atoms with Gasteiger partial charge in [0.15, 0.2) is 0 Å². The van der Waals surface area contributed by atoms with Crippen molar-refractivity contribution in [3.8, 4) is 11.3 Å². The Morgan fingerprint density at radius 2 is 1.89 bits per heavy atom. The topological polar surface area (TPSA) is 50.4 Å². The second-order valence-electron chi connectivity index (χ2n) is 4.15. The number of rotatable bonds is 2. The summed E-state index contributed by atoms with van der Waals surface area (Å²) in [6.07, 6.45) is 0. The number of aromatic carboxylic acids is 1. The number of carbonyl (C=O) groups is 1. The molecule has 0 saturated carbocycles. The summed E-state index contributed by atoms with van der Waals surface area (Å²) in [6.45, 7) is 0. The molecule has 0 spiro atoms. The second kappa shape index (κ2) is 4.55. The van der Waals surface area contributed by atoms with Gasteiger partial charge in [0.2, 0.25) is 0 Å². The highest BCUT2D eigenvalue weighted by atomic mass is 79.9. The number of halogens is 1. The number of carboxylic acids is 1. The second-order valence-corrected chi connectivity index (χ2v) is 5.00. The van der Waals surface area contributed by atoms with Gasteiger partial charge in [-0.2, -0.15) is 0 Å². The van der Waals surface area contributed by atoms with Crippen LogP contribution < -0.4 is 0 Å². The number of para-hydroxylation sites is 1. The molecule has 3 rings (SSSR count). The van der Waals surface area contributed by atoms with Gasteiger partial charge in [-0.3, -0.25) is 0 Å². The van der Waals surface area contributed by atoms with Crippen LogP contribution in [0.5, 0.6) is 0 Å². The van der Waals surface area contributed by atoms with Crippen LogP contribution in [0.1, 0.15) is 10.4 Å². The van der Waals surface area contributed by atoms with Gasteiger partial charge < -0.3 is 9.52 Å². The fourth-order valence-electron chi connectivity index (χ4n) is 1.97. The molecule has 0 aliphatic carbocycles. The molecule has 0 unspecified atom stereocenters. The van der Waals surface area contributed by atoms with Crippen molar-refractivity contribution in [2.75, 3.05) is 0 Å². The molecule has 0 radical (unpaired) electrons. The number of benzene rings is 2. The average molecular weight is 317 g/mol. The summed E-state index contributed by atoms with van der Waals surface area (Å²) in [7, 11) is 0. The first-order valence-electron chi connectivity index (χ1n) is 5.67. The third-order valence-corrected chi connectivity index (χ3v) is 3.60. The average Bonchev–Trinajstić information content (AvgIpc) is 2.82. The van der Waals surface area contributed by atoms with Crippen LogP contribution in [0.15, 0.2) is 57.4 Å². The van der Waals surface area contributed by atoms with Crippen LogP contribution in [-0.4, -0.2) is 11.1 Å². The van der Waals surface area contributed by atoms with E-state index in [0.717, 1.165) is 16.5 Å². The Hall–Kier alpha value is -2.07. The van der Waals surface area contributed by atoms with Crippen molar-refractivity contribution in [2.24, 2.45) is 0 Å². The smallest absolute Gasteiger partial charge is 0.336 e. The van der Waals surface area contributed by atoms with Crippen LogP contribution in [0.4, 0.5) is 0 Å². The first-order valence-corrected chi connectivity index (χ1v) is 6.46. The summed E-state index contributed by atoms with van der Waals surface area (Å²) in [5.41, 5.74) is 1.76. The van der Waals surface area contributed by atoms with Crippen molar-refractivity contribution >= 4 is 32.9 Å². The normalized spacial score (nSPS) is 10.8. The van der Waals surface area contributed by atoms with Gasteiger partial charge in [0, 0.05) is 15.4 Å². The molecule has 0 bridgehead atoms. The van der Waals surface area contributed by atoms with E-state index in [2.05, 4.69) is 15.9 Å². The van der Waals surface area contributed by atoms with Crippen molar-refractivity contribution in [3.05, 3.63) is 58.6 Å². The maximum atomic E-state index is 11.1. The van der Waals surface area contributed by atoms with Crippen LogP contribution in [-0.2, 0) is 0 Å². The summed E-state index contributed by atoms with van der Waals surface area (Å²) in [5.74, 6) is -0.305. The van der Waals surface area contributed by atoms with Gasteiger partial charge in [-0.25, -0.2) is 4.79 Å². The first kappa shape index (κ1) is 12.0. The van der Waals surface area contributed by atoms with E-state index >= 15 is 0 Å². The van der Waals surface area contributed by atoms with E-state index in [9.17, 15) is 4.79 Å². The number of hydrogen-bond donors (Lipinski definition) is 1. The summed E-state index contributed by atoms with van der Waals surface area (Å²) in [4.78, 5) is 11.1. The van der Waals surface area contributed by atoms with Gasteiger partial charge >= 0.3 is 5.97 Å². The van der Waals surface area contributed by atoms with Crippen molar-refractivity contribution in [3.63, 3.8) is 0 Å². The molecule has 0 amide bonds. The number of furan rings is 1. The minimum atomic E-state index is -0.968. The fourth-order valence-corrected chi connectivity index (χ4v) is 2.38. The van der Waals surface area contributed by atoms with Crippen LogP contribution in [0.25, 0.3) is 22.3 Å². The molecule has 3 nitrogen and oxygen atoms in total. The molecular weight excluding hydrogens is 308 g/mol. The van der Waals surface area contributed by atoms with Gasteiger partial charge in [-0.05, 0) is 40.2 Å². The Labute approximate surface area is 117 Å². The van der Waals surface area contributed by atoms with E-state index in [0.29, 0.717) is 10.2 Å². The summed E-state index contributed by atoms with van der Waals surface area (Å²) >= 11 is 3.23. The number of hydrogen-bond acceptors (Lipinski definition) is 2. The Morgan fingerprint density at radius 3 is 2.63 bits per heavy atom. The summed E-state index contributed by atoms with van der Waals surface area (Å²) < 4.78 is 6.28. The maximum absolute atomic E-state index is 11.1. The van der Waals surface area contributed by atoms with E-state index in [1.165, 1.54) is 0 Å². The summed E-state index contributed by atoms with van der Waals surface area (Å²) in [6, 6.07) is 14.7. The SMILES string of the molecule is O=C(O)c1cc(-c2cc3ccccc3o2)ccc1Br. The molecule has 0 aliphatic heterocycles. The van der Waals surface area contributed by atoms with Crippen LogP contribution >= 0.6 is 15.9 Å². The highest BCUT2D eigenvalue weighted by molar-refractivity contribution is 9.10. The lowest BCUT2D eigenvalue weighted by molar-refractivity contribution is 0.0696. The molecule has 94 valence electrons. The van der Waals surface area contributed by atoms with Gasteiger partial charge in [0.25, 0.3) is 0 Å². The van der Waals surface area contributed by atoms with Gasteiger partial charge in [0.05, 0.1) is 5.56 Å². The molecule has 0 aliphatic rings. The standard InChI is InChI=1S/C15H9BrO3/c16-12-6-5-10(7-11(12)15(17)18)14-8-9-3-1-2-4-13(9)19-14/h1-8H,(H,17,18). The molecule has 19 heavy (non-hydrogen) atoms. The Kier molecular flexibility index (Phi) is 2.87. The third kappa shape index (κ3) is 2.15. The monoisotopic (exact) mass is 316 g/mol. The van der Waals surface area contributed by atoms with E-state index < -0.39 is 5.97 Å². The van der Waals surface area contributed by atoms with Crippen molar-refractivity contribution in [2.45, 2.75) is 0 Å². The highest BCUT2D eigenvalue weighted by Gasteiger charge is 2.12. The van der Waals surface area contributed by atoms with Crippen molar-refractivity contribution < 1.29 is 14.3 Å². The highest BCUT2D eigenvalue weighted by Crippen LogP contribution is 2.30. The lowest BCUT2D eigenvalue weighted by atomic mass is 10.1. The third-order valence-electron chi connectivity index (χ3n) is 2.91. The van der Waals surface area contributed by atoms with Gasteiger partial charge in [-0.1, -0.05) is 24.3 Å². The molecule has 0 saturated heterocycles. The Balaban J connectivity index is 2.16. The predicted octanol–water partition coefficient (Wildman–Crippen LogP) is 4.56. The van der Waals surface area contributed by atoms with E-state index in [4.69, 9.17) is 9.52 Å². The first-order chi connectivity index (χ1) is 9.15. The molecule has 3 aromatic rings. The van der Waals surface area contributed by atoms with E-state index in [1.807, 2.05) is 36.4 Å². The minimum absolute atomic E-state index is 0.220. The van der Waals surface area contributed by atoms with Gasteiger partial charge in [0.1, 0.15) is 11.3 Å². The zero-order valence-electron chi connectivity index (χ0n) is 9.76. The molecule has 1 heterocycles. The predicted molar refractivity (Wildman–Crippen MR) is 76.3 cm³/mol. The van der Waals surface area contributed by atoms with Crippen molar-refractivity contribution in [1.82, 2.24) is 0 Å². The largest absolute Gasteiger partial charge is 0.478 e. The van der Waals surface area contributed by atoms with Crippen LogP contribution in [0.2, 0.25) is 0 Å². The molecule has 1 aromatic heterocycles. The van der Waals surface area contributed by atoms with Crippen molar-refractivity contribution in [1.29, 1.82) is 0 Å². The lowest BCUT2D eigenvalue weighted by Gasteiger charge is -2.01. The molecule has 0 fully saturated rings. The summed E-state index contributed by atoms with van der Waals surface area (Å²) in [5, 5.41) is 10.1. The van der Waals surface area contributed by atoms with Crippen LogP contribution in [0, 0.1) is 0 Å². The lowest BCUT2D eigenvalue weighted by Crippen LogP contribution is -1.97. The molecule has 2 aromatic carbocycles.